The lowest BCUT2D eigenvalue weighted by atomic mass is 10.1. The Morgan fingerprint density at radius 2 is 1.95 bits per heavy atom. The Kier molecular flexibility index (Phi) is 5.72. The van der Waals surface area contributed by atoms with E-state index in [9.17, 15) is 5.11 Å². The van der Waals surface area contributed by atoms with Crippen molar-refractivity contribution in [1.29, 1.82) is 0 Å². The number of pyridine rings is 1. The molecule has 1 unspecified atom stereocenters. The fourth-order valence-electron chi connectivity index (χ4n) is 2.14. The maximum Gasteiger partial charge on any atom is 0.119 e. The van der Waals surface area contributed by atoms with Crippen molar-refractivity contribution in [3.05, 3.63) is 59.4 Å². The predicted molar refractivity (Wildman–Crippen MR) is 83.4 cm³/mol. The van der Waals surface area contributed by atoms with Gasteiger partial charge in [-0.2, -0.15) is 0 Å². The van der Waals surface area contributed by atoms with Crippen LogP contribution >= 0.6 is 0 Å². The van der Waals surface area contributed by atoms with E-state index >= 15 is 0 Å². The van der Waals surface area contributed by atoms with Crippen LogP contribution in [-0.2, 0) is 6.54 Å². The second-order valence-corrected chi connectivity index (χ2v) is 5.24. The van der Waals surface area contributed by atoms with Gasteiger partial charge in [0.15, 0.2) is 0 Å². The molecular formula is C17H22N2O2. The number of aliphatic hydroxyl groups is 1. The van der Waals surface area contributed by atoms with Crippen molar-refractivity contribution < 1.29 is 9.84 Å². The molecule has 0 aliphatic heterocycles. The third kappa shape index (κ3) is 5.53. The van der Waals surface area contributed by atoms with Crippen molar-refractivity contribution in [2.45, 2.75) is 26.5 Å². The molecule has 4 nitrogen and oxygen atoms in total. The zero-order chi connectivity index (χ0) is 15.1. The molecule has 1 heterocycles. The Morgan fingerprint density at radius 3 is 2.62 bits per heavy atom. The second-order valence-electron chi connectivity index (χ2n) is 5.24. The van der Waals surface area contributed by atoms with Gasteiger partial charge in [0.25, 0.3) is 0 Å². The minimum Gasteiger partial charge on any atom is -0.491 e. The van der Waals surface area contributed by atoms with E-state index < -0.39 is 6.10 Å². The molecule has 0 saturated carbocycles. The fourth-order valence-corrected chi connectivity index (χ4v) is 2.14. The number of benzene rings is 1. The molecule has 0 radical (unpaired) electrons. The lowest BCUT2D eigenvalue weighted by molar-refractivity contribution is 0.106. The molecule has 1 atom stereocenters. The molecule has 1 aromatic carbocycles. The summed E-state index contributed by atoms with van der Waals surface area (Å²) in [7, 11) is 0. The third-order valence-corrected chi connectivity index (χ3v) is 3.05. The van der Waals surface area contributed by atoms with Gasteiger partial charge in [0.05, 0.1) is 5.69 Å². The largest absolute Gasteiger partial charge is 0.491 e. The van der Waals surface area contributed by atoms with E-state index in [1.54, 1.807) is 6.20 Å². The van der Waals surface area contributed by atoms with Crippen LogP contribution < -0.4 is 10.1 Å². The lowest BCUT2D eigenvalue weighted by Gasteiger charge is -2.14. The van der Waals surface area contributed by atoms with Crippen LogP contribution in [0.5, 0.6) is 5.75 Å². The zero-order valence-electron chi connectivity index (χ0n) is 12.5. The molecule has 1 aromatic heterocycles. The first-order valence-electron chi connectivity index (χ1n) is 7.13. The van der Waals surface area contributed by atoms with Crippen LogP contribution in [0.4, 0.5) is 0 Å². The molecule has 21 heavy (non-hydrogen) atoms. The molecule has 0 aliphatic rings. The van der Waals surface area contributed by atoms with Crippen molar-refractivity contribution >= 4 is 0 Å². The highest BCUT2D eigenvalue weighted by molar-refractivity contribution is 5.32. The molecule has 112 valence electrons. The number of nitrogens with zero attached hydrogens (tertiary/aromatic N) is 1. The summed E-state index contributed by atoms with van der Waals surface area (Å²) in [6, 6.07) is 11.8. The molecule has 0 fully saturated rings. The molecule has 0 bridgehead atoms. The highest BCUT2D eigenvalue weighted by Gasteiger charge is 2.06. The van der Waals surface area contributed by atoms with Crippen LogP contribution in [0.3, 0.4) is 0 Å². The summed E-state index contributed by atoms with van der Waals surface area (Å²) in [5, 5.41) is 13.1. The maximum atomic E-state index is 9.92. The van der Waals surface area contributed by atoms with Crippen LogP contribution in [0.15, 0.2) is 42.6 Å². The van der Waals surface area contributed by atoms with Gasteiger partial charge in [0.2, 0.25) is 0 Å². The Labute approximate surface area is 125 Å². The average Bonchev–Trinajstić information content (AvgIpc) is 2.45. The van der Waals surface area contributed by atoms with Gasteiger partial charge in [-0.25, -0.2) is 0 Å². The van der Waals surface area contributed by atoms with Crippen molar-refractivity contribution in [2.75, 3.05) is 13.2 Å². The van der Waals surface area contributed by atoms with Crippen LogP contribution in [0, 0.1) is 13.8 Å². The van der Waals surface area contributed by atoms with E-state index in [0.29, 0.717) is 13.1 Å². The van der Waals surface area contributed by atoms with Crippen molar-refractivity contribution in [3.8, 4) is 5.75 Å². The van der Waals surface area contributed by atoms with E-state index in [0.717, 1.165) is 22.6 Å². The standard InChI is InChI=1S/C17H22N2O2/c1-13-7-14(2)9-17(8-13)21-12-16(20)11-18-10-15-5-3-4-6-19-15/h3-9,16,18,20H,10-12H2,1-2H3. The molecule has 0 saturated heterocycles. The van der Waals surface area contributed by atoms with Gasteiger partial charge < -0.3 is 15.2 Å². The summed E-state index contributed by atoms with van der Waals surface area (Å²) in [5.41, 5.74) is 3.28. The number of nitrogens with one attached hydrogen (secondary N) is 1. The van der Waals surface area contributed by atoms with Crippen LogP contribution in [0.1, 0.15) is 16.8 Å². The third-order valence-electron chi connectivity index (χ3n) is 3.05. The minimum atomic E-state index is -0.547. The molecule has 0 aliphatic carbocycles. The number of hydrogen-bond donors (Lipinski definition) is 2. The number of aliphatic hydroxyl groups excluding tert-OH is 1. The topological polar surface area (TPSA) is 54.4 Å². The smallest absolute Gasteiger partial charge is 0.119 e. The first-order valence-corrected chi connectivity index (χ1v) is 7.13. The zero-order valence-corrected chi connectivity index (χ0v) is 12.5. The Bertz CT molecular complexity index is 538. The Morgan fingerprint density at radius 1 is 1.19 bits per heavy atom. The van der Waals surface area contributed by atoms with Gasteiger partial charge in [-0.05, 0) is 49.2 Å². The number of hydrogen-bond acceptors (Lipinski definition) is 4. The second kappa shape index (κ2) is 7.76. The molecule has 4 heteroatoms. The molecule has 2 rings (SSSR count). The highest BCUT2D eigenvalue weighted by atomic mass is 16.5. The monoisotopic (exact) mass is 286 g/mol. The SMILES string of the molecule is Cc1cc(C)cc(OCC(O)CNCc2ccccn2)c1. The summed E-state index contributed by atoms with van der Waals surface area (Å²) in [4.78, 5) is 4.21. The van der Waals surface area contributed by atoms with Gasteiger partial charge in [-0.15, -0.1) is 0 Å². The van der Waals surface area contributed by atoms with Crippen molar-refractivity contribution in [1.82, 2.24) is 10.3 Å². The quantitative estimate of drug-likeness (QED) is 0.819. The maximum absolute atomic E-state index is 9.92. The van der Waals surface area contributed by atoms with E-state index in [-0.39, 0.29) is 6.61 Å². The molecule has 0 amide bonds. The summed E-state index contributed by atoms with van der Waals surface area (Å²) in [6.45, 7) is 5.45. The Balaban J connectivity index is 1.71. The Hall–Kier alpha value is -1.91. The minimum absolute atomic E-state index is 0.276. The van der Waals surface area contributed by atoms with Gasteiger partial charge >= 0.3 is 0 Å². The number of rotatable bonds is 7. The summed E-state index contributed by atoms with van der Waals surface area (Å²) in [5.74, 6) is 0.802. The van der Waals surface area contributed by atoms with Crippen LogP contribution in [-0.4, -0.2) is 29.3 Å². The molecule has 2 N–H and O–H groups in total. The molecular weight excluding hydrogens is 264 g/mol. The van der Waals surface area contributed by atoms with Crippen molar-refractivity contribution in [2.24, 2.45) is 0 Å². The van der Waals surface area contributed by atoms with Gasteiger partial charge in [-0.3, -0.25) is 4.98 Å². The van der Waals surface area contributed by atoms with E-state index in [4.69, 9.17) is 4.74 Å². The normalized spacial score (nSPS) is 12.1. The number of ether oxygens (including phenoxy) is 1. The first-order chi connectivity index (χ1) is 10.1. The number of aromatic nitrogens is 1. The molecule has 2 aromatic rings. The van der Waals surface area contributed by atoms with E-state index in [1.807, 2.05) is 44.2 Å². The van der Waals surface area contributed by atoms with Gasteiger partial charge in [0, 0.05) is 19.3 Å². The van der Waals surface area contributed by atoms with Crippen LogP contribution in [0.2, 0.25) is 0 Å². The number of aryl methyl sites for hydroxylation is 2. The first kappa shape index (κ1) is 15.5. The van der Waals surface area contributed by atoms with Gasteiger partial charge in [0.1, 0.15) is 18.5 Å². The predicted octanol–water partition coefficient (Wildman–Crippen LogP) is 2.23. The fraction of sp³-hybridized carbons (Fsp3) is 0.353. The summed E-state index contributed by atoms with van der Waals surface area (Å²) >= 11 is 0. The lowest BCUT2D eigenvalue weighted by Crippen LogP contribution is -2.31. The van der Waals surface area contributed by atoms with Crippen LogP contribution in [0.25, 0.3) is 0 Å². The summed E-state index contributed by atoms with van der Waals surface area (Å²) in [6.07, 6.45) is 1.21. The van der Waals surface area contributed by atoms with Crippen molar-refractivity contribution in [3.63, 3.8) is 0 Å². The van der Waals surface area contributed by atoms with Gasteiger partial charge in [-0.1, -0.05) is 12.1 Å². The molecule has 0 spiro atoms. The summed E-state index contributed by atoms with van der Waals surface area (Å²) < 4.78 is 5.63. The van der Waals surface area contributed by atoms with E-state index in [1.165, 1.54) is 0 Å². The highest BCUT2D eigenvalue weighted by Crippen LogP contribution is 2.16. The van der Waals surface area contributed by atoms with E-state index in [2.05, 4.69) is 16.4 Å². The average molecular weight is 286 g/mol.